The summed E-state index contributed by atoms with van der Waals surface area (Å²) in [5.41, 5.74) is -0.663. The van der Waals surface area contributed by atoms with Crippen LogP contribution in [0.15, 0.2) is 18.2 Å². The van der Waals surface area contributed by atoms with E-state index in [1.54, 1.807) is 52.8 Å². The van der Waals surface area contributed by atoms with Gasteiger partial charge in [0.25, 0.3) is 0 Å². The van der Waals surface area contributed by atoms with Crippen LogP contribution in [0.2, 0.25) is 0 Å². The molecule has 0 bridgehead atoms. The highest BCUT2D eigenvalue weighted by atomic mass is 16.6. The minimum Gasteiger partial charge on any atom is -0.485 e. The number of hydrogen-bond acceptors (Lipinski definition) is 6. The molecule has 162 valence electrons. The van der Waals surface area contributed by atoms with E-state index >= 15 is 0 Å². The number of carbonyl (C=O) groups is 2. The highest BCUT2D eigenvalue weighted by molar-refractivity contribution is 5.86. The third-order valence-corrected chi connectivity index (χ3v) is 5.36. The van der Waals surface area contributed by atoms with Gasteiger partial charge in [-0.2, -0.15) is 5.26 Å². The van der Waals surface area contributed by atoms with E-state index in [2.05, 4.69) is 11.4 Å². The summed E-state index contributed by atoms with van der Waals surface area (Å²) in [5, 5.41) is 23.0. The zero-order valence-electron chi connectivity index (χ0n) is 18.1. The van der Waals surface area contributed by atoms with Gasteiger partial charge < -0.3 is 19.9 Å². The molecule has 1 aromatic carbocycles. The summed E-state index contributed by atoms with van der Waals surface area (Å²) in [4.78, 5) is 27.1. The highest BCUT2D eigenvalue weighted by Gasteiger charge is 2.45. The lowest BCUT2D eigenvalue weighted by molar-refractivity contribution is -0.129. The Morgan fingerprint density at radius 1 is 1.37 bits per heavy atom. The number of carbonyl (C=O) groups excluding carboxylic acids is 2. The molecule has 2 heterocycles. The quantitative estimate of drug-likeness (QED) is 0.768. The fraction of sp³-hybridized carbons (Fsp3) is 0.591. The topological polar surface area (TPSA) is 112 Å². The lowest BCUT2D eigenvalue weighted by Crippen LogP contribution is -2.56. The first-order valence-corrected chi connectivity index (χ1v) is 10.1. The Labute approximate surface area is 176 Å². The van der Waals surface area contributed by atoms with Crippen molar-refractivity contribution < 1.29 is 24.2 Å². The van der Waals surface area contributed by atoms with Crippen LogP contribution in [0.3, 0.4) is 0 Å². The van der Waals surface area contributed by atoms with Gasteiger partial charge in [-0.1, -0.05) is 0 Å². The Kier molecular flexibility index (Phi) is 5.70. The van der Waals surface area contributed by atoms with Crippen LogP contribution < -0.4 is 10.1 Å². The van der Waals surface area contributed by atoms with E-state index in [0.29, 0.717) is 36.3 Å². The number of nitrogens with zero attached hydrogens (tertiary/aromatic N) is 2. The van der Waals surface area contributed by atoms with Crippen LogP contribution in [-0.2, 0) is 9.53 Å². The zero-order valence-corrected chi connectivity index (χ0v) is 18.1. The number of likely N-dealkylation sites (tertiary alicyclic amines) is 1. The Hall–Kier alpha value is -2.79. The minimum atomic E-state index is -1.04. The second kappa shape index (κ2) is 7.80. The first-order valence-electron chi connectivity index (χ1n) is 10.1. The molecule has 3 rings (SSSR count). The molecule has 2 amide bonds. The first kappa shape index (κ1) is 21.9. The van der Waals surface area contributed by atoms with E-state index in [0.717, 1.165) is 0 Å². The molecule has 0 saturated carbocycles. The van der Waals surface area contributed by atoms with Crippen LogP contribution in [0.4, 0.5) is 4.79 Å². The predicted molar refractivity (Wildman–Crippen MR) is 109 cm³/mol. The molecule has 0 spiro atoms. The lowest BCUT2D eigenvalue weighted by atomic mass is 9.85. The number of nitriles is 1. The number of benzene rings is 1. The fourth-order valence-electron chi connectivity index (χ4n) is 3.85. The third-order valence-electron chi connectivity index (χ3n) is 5.36. The van der Waals surface area contributed by atoms with E-state index < -0.39 is 35.5 Å². The molecule has 1 fully saturated rings. The van der Waals surface area contributed by atoms with Crippen LogP contribution in [0.5, 0.6) is 5.75 Å². The number of hydrogen-bond donors (Lipinski definition) is 2. The molecule has 0 aliphatic carbocycles. The van der Waals surface area contributed by atoms with Crippen molar-refractivity contribution in [3.05, 3.63) is 29.3 Å². The number of amides is 2. The third kappa shape index (κ3) is 4.36. The van der Waals surface area contributed by atoms with Crippen molar-refractivity contribution in [3.63, 3.8) is 0 Å². The molecule has 3 atom stereocenters. The van der Waals surface area contributed by atoms with E-state index in [1.807, 2.05) is 0 Å². The molecule has 0 unspecified atom stereocenters. The van der Waals surface area contributed by atoms with Crippen molar-refractivity contribution in [1.82, 2.24) is 10.2 Å². The van der Waals surface area contributed by atoms with Gasteiger partial charge in [-0.05, 0) is 65.7 Å². The maximum Gasteiger partial charge on any atom is 0.410 e. The lowest BCUT2D eigenvalue weighted by Gasteiger charge is -2.42. The average molecular weight is 415 g/mol. The van der Waals surface area contributed by atoms with Gasteiger partial charge in [0.1, 0.15) is 29.1 Å². The van der Waals surface area contributed by atoms with Crippen LogP contribution in [-0.4, -0.2) is 51.9 Å². The summed E-state index contributed by atoms with van der Waals surface area (Å²) in [6.45, 7) is 9.24. The molecule has 2 aliphatic rings. The minimum absolute atomic E-state index is 0.367. The normalized spacial score (nSPS) is 25.0. The number of aliphatic hydroxyl groups is 1. The molecule has 1 aromatic rings. The largest absolute Gasteiger partial charge is 0.485 e. The standard InChI is InChI=1S/C22H29N3O5/c1-21(2,3)30-20(28)25-10-6-7-15(25)19(27)24-17-14-11-13(12-23)8-9-16(14)29-22(4,5)18(17)26/h8-9,11,15,17-18,26H,6-7,10H2,1-5H3,(H,24,27)/t15-,17+,18-/m0/s1. The number of fused-ring (bicyclic) bond motifs is 1. The molecular weight excluding hydrogens is 386 g/mol. The molecule has 8 nitrogen and oxygen atoms in total. The van der Waals surface area contributed by atoms with Crippen molar-refractivity contribution in [2.75, 3.05) is 6.54 Å². The summed E-state index contributed by atoms with van der Waals surface area (Å²) >= 11 is 0. The monoisotopic (exact) mass is 415 g/mol. The molecular formula is C22H29N3O5. The smallest absolute Gasteiger partial charge is 0.410 e. The van der Waals surface area contributed by atoms with Gasteiger partial charge in [-0.3, -0.25) is 9.69 Å². The molecule has 0 radical (unpaired) electrons. The van der Waals surface area contributed by atoms with Gasteiger partial charge in [0.15, 0.2) is 0 Å². The SMILES string of the molecule is CC(C)(C)OC(=O)N1CCC[C@H]1C(=O)N[C@@H]1c2cc(C#N)ccc2OC(C)(C)[C@H]1O. The van der Waals surface area contributed by atoms with Gasteiger partial charge in [-0.15, -0.1) is 0 Å². The summed E-state index contributed by atoms with van der Waals surface area (Å²) in [6.07, 6.45) is -0.368. The molecule has 30 heavy (non-hydrogen) atoms. The predicted octanol–water partition coefficient (Wildman–Crippen LogP) is 2.65. The average Bonchev–Trinajstić information content (AvgIpc) is 3.13. The molecule has 2 N–H and O–H groups in total. The first-order chi connectivity index (χ1) is 13.9. The summed E-state index contributed by atoms with van der Waals surface area (Å²) < 4.78 is 11.3. The highest BCUT2D eigenvalue weighted by Crippen LogP contribution is 2.40. The van der Waals surface area contributed by atoms with Crippen molar-refractivity contribution in [2.24, 2.45) is 0 Å². The Morgan fingerprint density at radius 3 is 2.70 bits per heavy atom. The zero-order chi connectivity index (χ0) is 22.3. The molecule has 1 saturated heterocycles. The van der Waals surface area contributed by atoms with E-state index in [9.17, 15) is 20.0 Å². The summed E-state index contributed by atoms with van der Waals surface area (Å²) in [7, 11) is 0. The van der Waals surface area contributed by atoms with Crippen LogP contribution in [0.1, 0.15) is 64.6 Å². The van der Waals surface area contributed by atoms with Gasteiger partial charge in [0.05, 0.1) is 17.7 Å². The van der Waals surface area contributed by atoms with Crippen LogP contribution in [0, 0.1) is 11.3 Å². The number of rotatable bonds is 2. The van der Waals surface area contributed by atoms with Gasteiger partial charge in [0.2, 0.25) is 5.91 Å². The number of ether oxygens (including phenoxy) is 2. The van der Waals surface area contributed by atoms with Crippen molar-refractivity contribution in [1.29, 1.82) is 5.26 Å². The fourth-order valence-corrected chi connectivity index (χ4v) is 3.85. The Bertz CT molecular complexity index is 884. The van der Waals surface area contributed by atoms with E-state index in [-0.39, 0.29) is 5.91 Å². The molecule has 0 aromatic heterocycles. The second-order valence-electron chi connectivity index (χ2n) is 9.33. The summed E-state index contributed by atoms with van der Waals surface area (Å²) in [5.74, 6) is 0.137. The van der Waals surface area contributed by atoms with Gasteiger partial charge >= 0.3 is 6.09 Å². The van der Waals surface area contributed by atoms with Crippen LogP contribution >= 0.6 is 0 Å². The molecule has 8 heteroatoms. The molecule has 2 aliphatic heterocycles. The van der Waals surface area contributed by atoms with Crippen molar-refractivity contribution >= 4 is 12.0 Å². The van der Waals surface area contributed by atoms with Gasteiger partial charge in [0, 0.05) is 12.1 Å². The van der Waals surface area contributed by atoms with E-state index in [4.69, 9.17) is 9.47 Å². The summed E-state index contributed by atoms with van der Waals surface area (Å²) in [6, 6.07) is 5.53. The Balaban J connectivity index is 1.85. The number of nitrogens with one attached hydrogen (secondary N) is 1. The Morgan fingerprint density at radius 2 is 2.07 bits per heavy atom. The van der Waals surface area contributed by atoms with Crippen molar-refractivity contribution in [2.45, 2.75) is 76.9 Å². The second-order valence-corrected chi connectivity index (χ2v) is 9.33. The maximum atomic E-state index is 13.1. The van der Waals surface area contributed by atoms with Crippen LogP contribution in [0.25, 0.3) is 0 Å². The van der Waals surface area contributed by atoms with E-state index in [1.165, 1.54) is 4.90 Å². The van der Waals surface area contributed by atoms with Gasteiger partial charge in [-0.25, -0.2) is 4.79 Å². The maximum absolute atomic E-state index is 13.1. The van der Waals surface area contributed by atoms with Crippen molar-refractivity contribution in [3.8, 4) is 11.8 Å². The number of aliphatic hydroxyl groups excluding tert-OH is 1.